The third kappa shape index (κ3) is 5.40. The van der Waals surface area contributed by atoms with E-state index in [1.807, 2.05) is 0 Å². The Balaban J connectivity index is 2.27. The predicted octanol–water partition coefficient (Wildman–Crippen LogP) is 1.10. The van der Waals surface area contributed by atoms with Crippen LogP contribution >= 0.6 is 11.3 Å². The van der Waals surface area contributed by atoms with Gasteiger partial charge >= 0.3 is 6.18 Å². The smallest absolute Gasteiger partial charge is 0.370 e. The van der Waals surface area contributed by atoms with Crippen molar-refractivity contribution in [2.24, 2.45) is 5.84 Å². The van der Waals surface area contributed by atoms with Crippen LogP contribution in [0.25, 0.3) is 0 Å². The molecule has 0 spiro atoms. The number of thiazole rings is 1. The molecule has 1 aromatic heterocycles. The highest BCUT2D eigenvalue weighted by Gasteiger charge is 2.27. The molecule has 0 saturated heterocycles. The average Bonchev–Trinajstić information content (AvgIpc) is 2.67. The van der Waals surface area contributed by atoms with Gasteiger partial charge in [-0.05, 0) is 0 Å². The van der Waals surface area contributed by atoms with Crippen LogP contribution in [0.1, 0.15) is 4.88 Å². The lowest BCUT2D eigenvalue weighted by Gasteiger charge is -2.15. The van der Waals surface area contributed by atoms with Crippen molar-refractivity contribution in [2.75, 3.05) is 13.2 Å². The van der Waals surface area contributed by atoms with Crippen molar-refractivity contribution in [3.05, 3.63) is 16.6 Å². The number of rotatable bonds is 6. The maximum atomic E-state index is 11.8. The molecule has 4 nitrogen and oxygen atoms in total. The Morgan fingerprint density at radius 1 is 1.56 bits per heavy atom. The van der Waals surface area contributed by atoms with Crippen molar-refractivity contribution in [3.8, 4) is 0 Å². The molecule has 16 heavy (non-hydrogen) atoms. The molecule has 0 saturated carbocycles. The third-order valence-corrected chi connectivity index (χ3v) is 2.55. The molecule has 1 heterocycles. The molecular formula is C8H12F3N3OS. The summed E-state index contributed by atoms with van der Waals surface area (Å²) in [6, 6.07) is -0.345. The number of ether oxygens (including phenoxy) is 1. The molecular weight excluding hydrogens is 243 g/mol. The van der Waals surface area contributed by atoms with Crippen LogP contribution in [0, 0.1) is 0 Å². The number of nitrogens with zero attached hydrogens (tertiary/aromatic N) is 1. The number of aromatic nitrogens is 1. The van der Waals surface area contributed by atoms with Gasteiger partial charge in [0.25, 0.3) is 0 Å². The van der Waals surface area contributed by atoms with Gasteiger partial charge in [0.15, 0.2) is 0 Å². The highest BCUT2D eigenvalue weighted by atomic mass is 32.1. The molecule has 3 N–H and O–H groups in total. The summed E-state index contributed by atoms with van der Waals surface area (Å²) in [5.74, 6) is 5.21. The van der Waals surface area contributed by atoms with Crippen LogP contribution in [-0.4, -0.2) is 30.4 Å². The Bertz CT molecular complexity index is 291. The van der Waals surface area contributed by atoms with Gasteiger partial charge in [-0.3, -0.25) is 16.3 Å². The van der Waals surface area contributed by atoms with Crippen LogP contribution in [0.3, 0.4) is 0 Å². The summed E-state index contributed by atoms with van der Waals surface area (Å²) in [6.45, 7) is -1.35. The van der Waals surface area contributed by atoms with Gasteiger partial charge < -0.3 is 4.74 Å². The van der Waals surface area contributed by atoms with Gasteiger partial charge in [0.05, 0.1) is 12.1 Å². The van der Waals surface area contributed by atoms with Crippen molar-refractivity contribution in [2.45, 2.75) is 18.6 Å². The van der Waals surface area contributed by atoms with Crippen molar-refractivity contribution in [3.63, 3.8) is 0 Å². The molecule has 0 fully saturated rings. The molecule has 0 radical (unpaired) electrons. The normalized spacial score (nSPS) is 14.0. The van der Waals surface area contributed by atoms with Gasteiger partial charge in [0.1, 0.15) is 6.61 Å². The second kappa shape index (κ2) is 6.14. The summed E-state index contributed by atoms with van der Waals surface area (Å²) in [6.07, 6.45) is -2.15. The first-order valence-corrected chi connectivity index (χ1v) is 5.37. The third-order valence-electron chi connectivity index (χ3n) is 1.75. The Labute approximate surface area is 94.6 Å². The van der Waals surface area contributed by atoms with Gasteiger partial charge in [0, 0.05) is 23.5 Å². The summed E-state index contributed by atoms with van der Waals surface area (Å²) in [7, 11) is 0. The SMILES string of the molecule is NNC(COCC(F)(F)F)Cc1cncs1. The van der Waals surface area contributed by atoms with Crippen LogP contribution < -0.4 is 11.3 Å². The lowest BCUT2D eigenvalue weighted by atomic mass is 10.2. The average molecular weight is 255 g/mol. The first kappa shape index (κ1) is 13.4. The lowest BCUT2D eigenvalue weighted by Crippen LogP contribution is -2.40. The largest absolute Gasteiger partial charge is 0.411 e. The van der Waals surface area contributed by atoms with E-state index in [9.17, 15) is 13.2 Å². The Morgan fingerprint density at radius 3 is 2.81 bits per heavy atom. The summed E-state index contributed by atoms with van der Waals surface area (Å²) in [5, 5.41) is 0. The highest BCUT2D eigenvalue weighted by molar-refractivity contribution is 7.09. The molecule has 1 aromatic rings. The molecule has 1 unspecified atom stereocenters. The summed E-state index contributed by atoms with van der Waals surface area (Å²) >= 11 is 1.42. The van der Waals surface area contributed by atoms with Gasteiger partial charge in [-0.1, -0.05) is 0 Å². The molecule has 1 atom stereocenters. The summed E-state index contributed by atoms with van der Waals surface area (Å²) in [4.78, 5) is 4.80. The van der Waals surface area contributed by atoms with E-state index in [0.29, 0.717) is 6.42 Å². The van der Waals surface area contributed by atoms with Crippen LogP contribution in [0.4, 0.5) is 13.2 Å². The van der Waals surface area contributed by atoms with Gasteiger partial charge in [0.2, 0.25) is 0 Å². The number of hydrazine groups is 1. The second-order valence-electron chi connectivity index (χ2n) is 3.17. The van der Waals surface area contributed by atoms with E-state index in [1.54, 1.807) is 11.7 Å². The molecule has 0 bridgehead atoms. The minimum Gasteiger partial charge on any atom is -0.370 e. The zero-order valence-electron chi connectivity index (χ0n) is 8.33. The van der Waals surface area contributed by atoms with Gasteiger partial charge in [-0.2, -0.15) is 13.2 Å². The molecule has 0 aromatic carbocycles. The molecule has 1 rings (SSSR count). The second-order valence-corrected chi connectivity index (χ2v) is 4.14. The van der Waals surface area contributed by atoms with E-state index in [2.05, 4.69) is 15.1 Å². The predicted molar refractivity (Wildman–Crippen MR) is 53.8 cm³/mol. The van der Waals surface area contributed by atoms with Gasteiger partial charge in [-0.15, -0.1) is 11.3 Å². The van der Waals surface area contributed by atoms with E-state index in [1.165, 1.54) is 11.3 Å². The first-order chi connectivity index (χ1) is 7.51. The van der Waals surface area contributed by atoms with Crippen LogP contribution in [-0.2, 0) is 11.2 Å². The Kier molecular flexibility index (Phi) is 5.13. The fourth-order valence-electron chi connectivity index (χ4n) is 1.07. The van der Waals surface area contributed by atoms with Gasteiger partial charge in [-0.25, -0.2) is 0 Å². The fourth-order valence-corrected chi connectivity index (χ4v) is 1.74. The maximum Gasteiger partial charge on any atom is 0.411 e. The number of hydrogen-bond acceptors (Lipinski definition) is 5. The minimum atomic E-state index is -4.30. The quantitative estimate of drug-likeness (QED) is 0.590. The topological polar surface area (TPSA) is 60.2 Å². The van der Waals surface area contributed by atoms with E-state index >= 15 is 0 Å². The van der Waals surface area contributed by atoms with Crippen LogP contribution in [0.15, 0.2) is 11.7 Å². The zero-order valence-corrected chi connectivity index (χ0v) is 9.14. The molecule has 0 aliphatic heterocycles. The standard InChI is InChI=1S/C8H12F3N3OS/c9-8(10,11)4-15-3-6(14-12)1-7-2-13-5-16-7/h2,5-6,14H,1,3-4,12H2. The van der Waals surface area contributed by atoms with Crippen molar-refractivity contribution in [1.29, 1.82) is 0 Å². The number of hydrogen-bond donors (Lipinski definition) is 2. The highest BCUT2D eigenvalue weighted by Crippen LogP contribution is 2.15. The number of nitrogens with two attached hydrogens (primary N) is 1. The maximum absolute atomic E-state index is 11.8. The molecule has 0 amide bonds. The lowest BCUT2D eigenvalue weighted by molar-refractivity contribution is -0.175. The van der Waals surface area contributed by atoms with E-state index < -0.39 is 12.8 Å². The molecule has 0 aliphatic rings. The van der Waals surface area contributed by atoms with Crippen LogP contribution in [0.2, 0.25) is 0 Å². The van der Waals surface area contributed by atoms with Crippen LogP contribution in [0.5, 0.6) is 0 Å². The zero-order chi connectivity index (χ0) is 12.0. The Morgan fingerprint density at radius 2 is 2.31 bits per heavy atom. The molecule has 8 heteroatoms. The minimum absolute atomic E-state index is 0.0894. The summed E-state index contributed by atoms with van der Waals surface area (Å²) in [5.41, 5.74) is 4.07. The summed E-state index contributed by atoms with van der Waals surface area (Å²) < 4.78 is 39.9. The monoisotopic (exact) mass is 255 g/mol. The Hall–Kier alpha value is -0.700. The van der Waals surface area contributed by atoms with Crippen molar-refractivity contribution < 1.29 is 17.9 Å². The van der Waals surface area contributed by atoms with E-state index in [0.717, 1.165) is 4.88 Å². The number of alkyl halides is 3. The van der Waals surface area contributed by atoms with Crippen molar-refractivity contribution in [1.82, 2.24) is 10.4 Å². The van der Waals surface area contributed by atoms with E-state index in [-0.39, 0.29) is 12.6 Å². The first-order valence-electron chi connectivity index (χ1n) is 4.49. The number of halogens is 3. The fraction of sp³-hybridized carbons (Fsp3) is 0.625. The molecule has 92 valence electrons. The van der Waals surface area contributed by atoms with E-state index in [4.69, 9.17) is 5.84 Å². The molecule has 0 aliphatic carbocycles. The number of nitrogens with one attached hydrogen (secondary N) is 1. The van der Waals surface area contributed by atoms with Crippen molar-refractivity contribution >= 4 is 11.3 Å².